The van der Waals surface area contributed by atoms with Crippen molar-refractivity contribution in [1.82, 2.24) is 25.3 Å². The molecule has 0 fully saturated rings. The molecule has 2 heterocycles. The second-order valence-electron chi connectivity index (χ2n) is 6.61. The molecule has 0 saturated heterocycles. The third-order valence-corrected chi connectivity index (χ3v) is 4.64. The van der Waals surface area contributed by atoms with E-state index in [4.69, 9.17) is 0 Å². The van der Waals surface area contributed by atoms with Gasteiger partial charge in [0.15, 0.2) is 0 Å². The highest BCUT2D eigenvalue weighted by molar-refractivity contribution is 6.00. The summed E-state index contributed by atoms with van der Waals surface area (Å²) in [6, 6.07) is 3.34. The van der Waals surface area contributed by atoms with Gasteiger partial charge in [0, 0.05) is 18.8 Å². The topological polar surface area (TPSA) is 75.6 Å². The van der Waals surface area contributed by atoms with Gasteiger partial charge in [-0.1, -0.05) is 6.07 Å². The maximum Gasteiger partial charge on any atom is 0.255 e. The fourth-order valence-corrected chi connectivity index (χ4v) is 3.16. The number of aryl methyl sites for hydroxylation is 2. The van der Waals surface area contributed by atoms with Crippen LogP contribution in [0.3, 0.4) is 0 Å². The number of aromatic amines is 1. The molecule has 2 N–H and O–H groups in total. The summed E-state index contributed by atoms with van der Waals surface area (Å²) in [7, 11) is 1.87. The van der Waals surface area contributed by atoms with Crippen molar-refractivity contribution in [3.05, 3.63) is 58.5 Å². The van der Waals surface area contributed by atoms with Crippen LogP contribution < -0.4 is 5.32 Å². The van der Waals surface area contributed by atoms with E-state index >= 15 is 0 Å². The van der Waals surface area contributed by atoms with Gasteiger partial charge < -0.3 is 5.32 Å². The average Bonchev–Trinajstić information content (AvgIpc) is 3.16. The molecule has 1 amide bonds. The molecule has 0 saturated carbocycles. The van der Waals surface area contributed by atoms with Crippen LogP contribution in [0.1, 0.15) is 34.2 Å². The van der Waals surface area contributed by atoms with Gasteiger partial charge in [0.2, 0.25) is 0 Å². The molecule has 142 valence electrons. The largest absolute Gasteiger partial charge is 0.349 e. The lowest BCUT2D eigenvalue weighted by Gasteiger charge is -2.14. The molecule has 1 unspecified atom stereocenters. The number of rotatable bonds is 5. The first-order valence-corrected chi connectivity index (χ1v) is 8.57. The fourth-order valence-electron chi connectivity index (χ4n) is 3.16. The monoisotopic (exact) mass is 373 g/mol. The lowest BCUT2D eigenvalue weighted by Crippen LogP contribution is -2.34. The predicted octanol–water partition coefficient (Wildman–Crippen LogP) is 3.07. The number of carbonyl (C=O) groups excluding carboxylic acids is 1. The molecule has 1 aromatic carbocycles. The zero-order valence-electron chi connectivity index (χ0n) is 15.6. The maximum absolute atomic E-state index is 14.1. The summed E-state index contributed by atoms with van der Waals surface area (Å²) in [6.45, 7) is 5.76. The lowest BCUT2D eigenvalue weighted by molar-refractivity contribution is 0.0940. The van der Waals surface area contributed by atoms with E-state index in [1.807, 2.05) is 27.8 Å². The predicted molar refractivity (Wildman–Crippen MR) is 97.3 cm³/mol. The van der Waals surface area contributed by atoms with Crippen molar-refractivity contribution < 1.29 is 13.6 Å². The number of halogens is 2. The van der Waals surface area contributed by atoms with Crippen molar-refractivity contribution in [2.24, 2.45) is 7.05 Å². The van der Waals surface area contributed by atoms with Crippen molar-refractivity contribution in [2.75, 3.05) is 0 Å². The molecule has 2 aromatic heterocycles. The van der Waals surface area contributed by atoms with E-state index in [-0.39, 0.29) is 22.9 Å². The van der Waals surface area contributed by atoms with Crippen LogP contribution >= 0.6 is 0 Å². The summed E-state index contributed by atoms with van der Waals surface area (Å²) >= 11 is 0. The molecule has 3 rings (SSSR count). The first-order valence-electron chi connectivity index (χ1n) is 8.57. The van der Waals surface area contributed by atoms with Crippen molar-refractivity contribution in [3.63, 3.8) is 0 Å². The van der Waals surface area contributed by atoms with Crippen LogP contribution in [0.25, 0.3) is 11.3 Å². The normalized spacial score (nSPS) is 12.2. The Morgan fingerprint density at radius 1 is 1.30 bits per heavy atom. The lowest BCUT2D eigenvalue weighted by atomic mass is 10.0. The molecule has 27 heavy (non-hydrogen) atoms. The van der Waals surface area contributed by atoms with Crippen LogP contribution in [0.4, 0.5) is 8.78 Å². The van der Waals surface area contributed by atoms with Crippen molar-refractivity contribution in [1.29, 1.82) is 0 Å². The van der Waals surface area contributed by atoms with E-state index in [1.54, 1.807) is 4.68 Å². The Labute approximate surface area is 155 Å². The van der Waals surface area contributed by atoms with E-state index in [1.165, 1.54) is 12.3 Å². The molecule has 0 bridgehead atoms. The minimum Gasteiger partial charge on any atom is -0.349 e. The first-order chi connectivity index (χ1) is 12.8. The van der Waals surface area contributed by atoms with Crippen LogP contribution in [-0.2, 0) is 13.5 Å². The second kappa shape index (κ2) is 7.30. The highest BCUT2D eigenvalue weighted by atomic mass is 19.1. The van der Waals surface area contributed by atoms with Crippen molar-refractivity contribution in [2.45, 2.75) is 33.2 Å². The Balaban J connectivity index is 1.81. The van der Waals surface area contributed by atoms with Gasteiger partial charge in [0.25, 0.3) is 5.91 Å². The molecule has 6 nitrogen and oxygen atoms in total. The van der Waals surface area contributed by atoms with Crippen LogP contribution in [-0.4, -0.2) is 31.9 Å². The summed E-state index contributed by atoms with van der Waals surface area (Å²) < 4.78 is 29.9. The summed E-state index contributed by atoms with van der Waals surface area (Å²) in [5.41, 5.74) is 2.82. The maximum atomic E-state index is 14.1. The van der Waals surface area contributed by atoms with E-state index in [0.29, 0.717) is 6.42 Å². The Morgan fingerprint density at radius 3 is 2.56 bits per heavy atom. The van der Waals surface area contributed by atoms with E-state index in [2.05, 4.69) is 20.6 Å². The number of hydrogen-bond acceptors (Lipinski definition) is 3. The van der Waals surface area contributed by atoms with Crippen LogP contribution in [0, 0.1) is 25.5 Å². The first kappa shape index (κ1) is 18.8. The van der Waals surface area contributed by atoms with Gasteiger partial charge >= 0.3 is 0 Å². The number of aromatic nitrogens is 4. The van der Waals surface area contributed by atoms with Gasteiger partial charge in [-0.15, -0.1) is 0 Å². The molecular weight excluding hydrogens is 352 g/mol. The highest BCUT2D eigenvalue weighted by Gasteiger charge is 2.22. The van der Waals surface area contributed by atoms with E-state index < -0.39 is 17.5 Å². The van der Waals surface area contributed by atoms with Crippen LogP contribution in [0.5, 0.6) is 0 Å². The molecule has 0 aliphatic heterocycles. The van der Waals surface area contributed by atoms with Gasteiger partial charge in [0.1, 0.15) is 11.6 Å². The van der Waals surface area contributed by atoms with E-state index in [0.717, 1.165) is 29.1 Å². The number of benzene rings is 1. The molecule has 0 radical (unpaired) electrons. The summed E-state index contributed by atoms with van der Waals surface area (Å²) in [4.78, 5) is 12.7. The number of hydrogen-bond donors (Lipinski definition) is 2. The standard InChI is InChI=1S/C19H21F2N5O/c1-10(8-13-11(2)25-26(4)12(13)3)23-19(27)14-9-22-24-18(14)17-15(20)6-5-7-16(17)21/h5-7,9-10H,8H2,1-4H3,(H,22,24)(H,23,27). The van der Waals surface area contributed by atoms with Gasteiger partial charge in [-0.3, -0.25) is 14.6 Å². The quantitative estimate of drug-likeness (QED) is 0.722. The molecule has 0 spiro atoms. The van der Waals surface area contributed by atoms with Gasteiger partial charge in [-0.05, 0) is 44.9 Å². The molecule has 8 heteroatoms. The SMILES string of the molecule is Cc1nn(C)c(C)c1CC(C)NC(=O)c1cn[nH]c1-c1c(F)cccc1F. The minimum absolute atomic E-state index is 0.0176. The number of amides is 1. The van der Waals surface area contributed by atoms with Crippen LogP contribution in [0.15, 0.2) is 24.4 Å². The van der Waals surface area contributed by atoms with Gasteiger partial charge in [-0.2, -0.15) is 10.2 Å². The summed E-state index contributed by atoms with van der Waals surface area (Å²) in [6.07, 6.45) is 1.86. The number of H-pyrrole nitrogens is 1. The zero-order valence-corrected chi connectivity index (χ0v) is 15.6. The minimum atomic E-state index is -0.761. The zero-order chi connectivity index (χ0) is 19.7. The summed E-state index contributed by atoms with van der Waals surface area (Å²) in [5, 5.41) is 13.6. The Kier molecular flexibility index (Phi) is 5.07. The molecule has 1 atom stereocenters. The van der Waals surface area contributed by atoms with Gasteiger partial charge in [-0.25, -0.2) is 8.78 Å². The Hall–Kier alpha value is -3.03. The molecule has 0 aliphatic rings. The highest BCUT2D eigenvalue weighted by Crippen LogP contribution is 2.27. The third kappa shape index (κ3) is 3.60. The number of nitrogens with zero attached hydrogens (tertiary/aromatic N) is 3. The average molecular weight is 373 g/mol. The van der Waals surface area contributed by atoms with E-state index in [9.17, 15) is 13.6 Å². The fraction of sp³-hybridized carbons (Fsp3) is 0.316. The molecular formula is C19H21F2N5O. The Bertz CT molecular complexity index is 972. The smallest absolute Gasteiger partial charge is 0.255 e. The molecule has 3 aromatic rings. The van der Waals surface area contributed by atoms with Gasteiger partial charge in [0.05, 0.1) is 28.7 Å². The van der Waals surface area contributed by atoms with Crippen LogP contribution in [0.2, 0.25) is 0 Å². The number of carbonyl (C=O) groups is 1. The van der Waals surface area contributed by atoms with Crippen molar-refractivity contribution >= 4 is 5.91 Å². The summed E-state index contributed by atoms with van der Waals surface area (Å²) in [5.74, 6) is -1.97. The molecule has 0 aliphatic carbocycles. The number of nitrogens with one attached hydrogen (secondary N) is 2. The Morgan fingerprint density at radius 2 is 1.96 bits per heavy atom. The van der Waals surface area contributed by atoms with Crippen molar-refractivity contribution in [3.8, 4) is 11.3 Å². The second-order valence-corrected chi connectivity index (χ2v) is 6.61. The third-order valence-electron chi connectivity index (χ3n) is 4.64.